The zero-order chi connectivity index (χ0) is 14.8. The molecule has 4 heteroatoms. The van der Waals surface area contributed by atoms with Crippen LogP contribution in [0.2, 0.25) is 0 Å². The molecular formula is C15H27O4. The van der Waals surface area contributed by atoms with Gasteiger partial charge >= 0.3 is 11.9 Å². The average Bonchev–Trinajstić information content (AvgIpc) is 2.34. The molecule has 2 atom stereocenters. The van der Waals surface area contributed by atoms with Crippen LogP contribution in [0.4, 0.5) is 0 Å². The third-order valence-corrected chi connectivity index (χ3v) is 2.78. The number of rotatable bonds is 9. The lowest BCUT2D eigenvalue weighted by molar-refractivity contribution is -0.153. The van der Waals surface area contributed by atoms with Crippen molar-refractivity contribution >= 4 is 11.9 Å². The van der Waals surface area contributed by atoms with Crippen LogP contribution in [0.15, 0.2) is 0 Å². The van der Waals surface area contributed by atoms with Gasteiger partial charge < -0.3 is 9.47 Å². The fourth-order valence-electron chi connectivity index (χ4n) is 1.47. The molecule has 0 bridgehead atoms. The van der Waals surface area contributed by atoms with Crippen molar-refractivity contribution in [1.29, 1.82) is 0 Å². The monoisotopic (exact) mass is 271 g/mol. The van der Waals surface area contributed by atoms with Gasteiger partial charge in [-0.15, -0.1) is 0 Å². The first kappa shape index (κ1) is 17.9. The van der Waals surface area contributed by atoms with Crippen molar-refractivity contribution in [3.8, 4) is 0 Å². The molecular weight excluding hydrogens is 244 g/mol. The minimum absolute atomic E-state index is 0.107. The lowest BCUT2D eigenvalue weighted by Crippen LogP contribution is -2.21. The standard InChI is InChI=1S/C15H27O4/c1-6-7-10-18-14(16)12(4)8-9-13(5)15(17)19-11(2)3/h11-13H,4,6-10H2,1-3,5H3. The summed E-state index contributed by atoms with van der Waals surface area (Å²) in [6, 6.07) is 0. The van der Waals surface area contributed by atoms with Crippen LogP contribution in [-0.4, -0.2) is 24.6 Å². The lowest BCUT2D eigenvalue weighted by Gasteiger charge is -2.16. The second-order valence-electron chi connectivity index (χ2n) is 5.18. The third kappa shape index (κ3) is 8.62. The molecule has 0 saturated heterocycles. The Balaban J connectivity index is 3.90. The summed E-state index contributed by atoms with van der Waals surface area (Å²) in [6.45, 7) is 11.7. The Morgan fingerprint density at radius 1 is 1.11 bits per heavy atom. The summed E-state index contributed by atoms with van der Waals surface area (Å²) in [4.78, 5) is 23.2. The van der Waals surface area contributed by atoms with Gasteiger partial charge in [0.1, 0.15) is 0 Å². The zero-order valence-electron chi connectivity index (χ0n) is 12.6. The van der Waals surface area contributed by atoms with Gasteiger partial charge in [-0.2, -0.15) is 0 Å². The normalized spacial score (nSPS) is 14.0. The molecule has 0 rings (SSSR count). The van der Waals surface area contributed by atoms with Gasteiger partial charge in [0.05, 0.1) is 24.5 Å². The molecule has 0 saturated carbocycles. The quantitative estimate of drug-likeness (QED) is 0.477. The predicted octanol–water partition coefficient (Wildman–Crippen LogP) is 3.15. The van der Waals surface area contributed by atoms with E-state index >= 15 is 0 Å². The van der Waals surface area contributed by atoms with E-state index in [0.29, 0.717) is 19.4 Å². The van der Waals surface area contributed by atoms with Crippen molar-refractivity contribution in [3.05, 3.63) is 6.92 Å². The molecule has 0 aromatic heterocycles. The van der Waals surface area contributed by atoms with Gasteiger partial charge in [0, 0.05) is 0 Å². The Hall–Kier alpha value is -1.06. The first-order chi connectivity index (χ1) is 8.88. The minimum atomic E-state index is -0.411. The highest BCUT2D eigenvalue weighted by Crippen LogP contribution is 2.15. The SMILES string of the molecule is [CH2]C(CCC(C)C(=O)OC(C)C)C(=O)OCCCC. The van der Waals surface area contributed by atoms with Crippen LogP contribution in [-0.2, 0) is 19.1 Å². The van der Waals surface area contributed by atoms with Crippen LogP contribution >= 0.6 is 0 Å². The highest BCUT2D eigenvalue weighted by atomic mass is 16.5. The second-order valence-corrected chi connectivity index (χ2v) is 5.18. The van der Waals surface area contributed by atoms with Crippen molar-refractivity contribution < 1.29 is 19.1 Å². The fourth-order valence-corrected chi connectivity index (χ4v) is 1.47. The molecule has 0 heterocycles. The van der Waals surface area contributed by atoms with Crippen molar-refractivity contribution in [1.82, 2.24) is 0 Å². The Labute approximate surface area is 116 Å². The number of hydrogen-bond donors (Lipinski definition) is 0. The maximum Gasteiger partial charge on any atom is 0.308 e. The molecule has 0 spiro atoms. The lowest BCUT2D eigenvalue weighted by atomic mass is 9.98. The summed E-state index contributed by atoms with van der Waals surface area (Å²) < 4.78 is 10.2. The largest absolute Gasteiger partial charge is 0.465 e. The van der Waals surface area contributed by atoms with Crippen molar-refractivity contribution in [2.24, 2.45) is 11.8 Å². The highest BCUT2D eigenvalue weighted by molar-refractivity contribution is 5.74. The maximum atomic E-state index is 11.6. The summed E-state index contributed by atoms with van der Waals surface area (Å²) in [7, 11) is 0. The first-order valence-corrected chi connectivity index (χ1v) is 7.08. The summed E-state index contributed by atoms with van der Waals surface area (Å²) in [5.74, 6) is -1.12. The number of carbonyl (C=O) groups excluding carboxylic acids is 2. The number of hydrogen-bond acceptors (Lipinski definition) is 4. The molecule has 2 unspecified atom stereocenters. The highest BCUT2D eigenvalue weighted by Gasteiger charge is 2.20. The van der Waals surface area contributed by atoms with E-state index in [1.807, 2.05) is 20.8 Å². The Morgan fingerprint density at radius 2 is 1.74 bits per heavy atom. The van der Waals surface area contributed by atoms with Crippen LogP contribution in [0, 0.1) is 18.8 Å². The van der Waals surface area contributed by atoms with E-state index in [9.17, 15) is 9.59 Å². The average molecular weight is 271 g/mol. The molecule has 19 heavy (non-hydrogen) atoms. The Morgan fingerprint density at radius 3 is 2.26 bits per heavy atom. The van der Waals surface area contributed by atoms with Gasteiger partial charge in [-0.25, -0.2) is 0 Å². The van der Waals surface area contributed by atoms with Crippen molar-refractivity contribution in [2.75, 3.05) is 6.61 Å². The molecule has 111 valence electrons. The molecule has 0 aromatic carbocycles. The van der Waals surface area contributed by atoms with Gasteiger partial charge in [-0.3, -0.25) is 9.59 Å². The topological polar surface area (TPSA) is 52.6 Å². The van der Waals surface area contributed by atoms with Gasteiger partial charge in [0.25, 0.3) is 0 Å². The zero-order valence-corrected chi connectivity index (χ0v) is 12.6. The molecule has 0 aromatic rings. The molecule has 0 aliphatic carbocycles. The number of ether oxygens (including phenoxy) is 2. The minimum Gasteiger partial charge on any atom is -0.465 e. The summed E-state index contributed by atoms with van der Waals surface area (Å²) in [5, 5.41) is 0. The van der Waals surface area contributed by atoms with Crippen LogP contribution < -0.4 is 0 Å². The van der Waals surface area contributed by atoms with E-state index in [-0.39, 0.29) is 24.0 Å². The molecule has 1 radical (unpaired) electrons. The van der Waals surface area contributed by atoms with Crippen molar-refractivity contribution in [3.63, 3.8) is 0 Å². The van der Waals surface area contributed by atoms with Crippen molar-refractivity contribution in [2.45, 2.75) is 59.5 Å². The summed E-state index contributed by atoms with van der Waals surface area (Å²) in [6.07, 6.45) is 2.88. The number of unbranched alkanes of at least 4 members (excludes halogenated alkanes) is 1. The van der Waals surface area contributed by atoms with Crippen LogP contribution in [0.5, 0.6) is 0 Å². The van der Waals surface area contributed by atoms with Gasteiger partial charge in [0.15, 0.2) is 0 Å². The molecule has 0 amide bonds. The maximum absolute atomic E-state index is 11.6. The van der Waals surface area contributed by atoms with Crippen LogP contribution in [0.1, 0.15) is 53.4 Å². The van der Waals surface area contributed by atoms with E-state index in [4.69, 9.17) is 9.47 Å². The summed E-state index contributed by atoms with van der Waals surface area (Å²) >= 11 is 0. The molecule has 4 nitrogen and oxygen atoms in total. The van der Waals surface area contributed by atoms with Gasteiger partial charge in [-0.1, -0.05) is 20.3 Å². The van der Waals surface area contributed by atoms with Crippen LogP contribution in [0.25, 0.3) is 0 Å². The predicted molar refractivity (Wildman–Crippen MR) is 74.3 cm³/mol. The van der Waals surface area contributed by atoms with E-state index in [2.05, 4.69) is 6.92 Å². The second kappa shape index (κ2) is 9.82. The van der Waals surface area contributed by atoms with E-state index < -0.39 is 5.92 Å². The third-order valence-electron chi connectivity index (χ3n) is 2.78. The summed E-state index contributed by atoms with van der Waals surface area (Å²) in [5.41, 5.74) is 0. The van der Waals surface area contributed by atoms with E-state index in [0.717, 1.165) is 12.8 Å². The number of esters is 2. The van der Waals surface area contributed by atoms with Gasteiger partial charge in [0.2, 0.25) is 0 Å². The first-order valence-electron chi connectivity index (χ1n) is 7.08. The van der Waals surface area contributed by atoms with Crippen LogP contribution in [0.3, 0.4) is 0 Å². The molecule has 0 N–H and O–H groups in total. The Bertz CT molecular complexity index is 273. The smallest absolute Gasteiger partial charge is 0.308 e. The Kier molecular flexibility index (Phi) is 9.27. The fraction of sp³-hybridized carbons (Fsp3) is 0.800. The molecule has 0 aliphatic heterocycles. The van der Waals surface area contributed by atoms with Gasteiger partial charge in [-0.05, 0) is 40.0 Å². The van der Waals surface area contributed by atoms with E-state index in [1.54, 1.807) is 6.92 Å². The van der Waals surface area contributed by atoms with E-state index in [1.165, 1.54) is 0 Å². The number of carbonyl (C=O) groups is 2. The molecule has 0 fully saturated rings. The molecule has 0 aliphatic rings.